The summed E-state index contributed by atoms with van der Waals surface area (Å²) in [4.78, 5) is 37.3. The molecule has 0 bridgehead atoms. The third-order valence-electron chi connectivity index (χ3n) is 6.26. The summed E-state index contributed by atoms with van der Waals surface area (Å²) in [6.07, 6.45) is 0.847. The van der Waals surface area contributed by atoms with E-state index in [9.17, 15) is 14.8 Å². The van der Waals surface area contributed by atoms with E-state index in [1.165, 1.54) is 11.8 Å². The van der Waals surface area contributed by atoms with Crippen LogP contribution in [0.1, 0.15) is 33.0 Å². The first-order valence-electron chi connectivity index (χ1n) is 11.4. The van der Waals surface area contributed by atoms with Gasteiger partial charge in [-0.15, -0.1) is 11.3 Å². The van der Waals surface area contributed by atoms with Gasteiger partial charge in [-0.25, -0.2) is 9.78 Å². The molecule has 1 aromatic carbocycles. The number of carbonyl (C=O) groups excluding carboxylic acids is 1. The normalized spacial score (nSPS) is 13.7. The molecule has 4 heterocycles. The third-order valence-corrected chi connectivity index (χ3v) is 7.37. The summed E-state index contributed by atoms with van der Waals surface area (Å²) < 4.78 is 15.3. The fourth-order valence-corrected chi connectivity index (χ4v) is 5.65. The van der Waals surface area contributed by atoms with Crippen LogP contribution in [0.25, 0.3) is 21.6 Å². The Kier molecular flexibility index (Phi) is 6.22. The van der Waals surface area contributed by atoms with Gasteiger partial charge in [0.1, 0.15) is 16.4 Å². The largest absolute Gasteiger partial charge is 0.481 e. The molecule has 11 nitrogen and oxygen atoms in total. The molecule has 0 amide bonds. The van der Waals surface area contributed by atoms with Crippen LogP contribution in [0.15, 0.2) is 21.6 Å². The van der Waals surface area contributed by atoms with E-state index >= 15 is 0 Å². The van der Waals surface area contributed by atoms with Crippen molar-refractivity contribution in [2.45, 2.75) is 40.3 Å². The van der Waals surface area contributed by atoms with Crippen molar-refractivity contribution in [3.63, 3.8) is 0 Å². The number of esters is 1. The minimum Gasteiger partial charge on any atom is -0.481 e. The molecule has 36 heavy (non-hydrogen) atoms. The molecule has 3 aromatic heterocycles. The number of nitrogens with zero attached hydrogens (tertiary/aromatic N) is 4. The smallest absolute Gasteiger partial charge is 0.344 e. The summed E-state index contributed by atoms with van der Waals surface area (Å²) in [7, 11) is 2.07. The molecule has 1 aliphatic rings. The van der Waals surface area contributed by atoms with Gasteiger partial charge in [-0.3, -0.25) is 9.42 Å². The number of aromatic nitrogens is 4. The minimum atomic E-state index is -0.610. The number of likely N-dealkylation sites (N-methyl/N-ethyl adjacent to an activating group) is 1. The van der Waals surface area contributed by atoms with Crippen molar-refractivity contribution in [1.82, 2.24) is 20.0 Å². The molecule has 1 N–H and O–H groups in total. The summed E-state index contributed by atoms with van der Waals surface area (Å²) >= 11 is 1.58. The van der Waals surface area contributed by atoms with Gasteiger partial charge in [-0.2, -0.15) is 0 Å². The lowest BCUT2D eigenvalue weighted by atomic mass is 10.0. The molecule has 188 valence electrons. The second kappa shape index (κ2) is 9.36. The number of aryl methyl sites for hydroxylation is 2. The highest BCUT2D eigenvalue weighted by molar-refractivity contribution is 7.18. The quantitative estimate of drug-likeness (QED) is 0.305. The molecule has 0 radical (unpaired) electrons. The Morgan fingerprint density at radius 2 is 2.06 bits per heavy atom. The molecule has 0 unspecified atom stereocenters. The van der Waals surface area contributed by atoms with Crippen molar-refractivity contribution in [2.75, 3.05) is 20.2 Å². The highest BCUT2D eigenvalue weighted by atomic mass is 32.1. The summed E-state index contributed by atoms with van der Waals surface area (Å²) in [5.41, 5.74) is 3.79. The highest BCUT2D eigenvalue weighted by Crippen LogP contribution is 2.34. The summed E-state index contributed by atoms with van der Waals surface area (Å²) in [6.45, 7) is 6.49. The van der Waals surface area contributed by atoms with Crippen LogP contribution in [-0.4, -0.2) is 46.2 Å². The van der Waals surface area contributed by atoms with Crippen LogP contribution in [0.3, 0.4) is 0 Å². The Balaban J connectivity index is 1.32. The van der Waals surface area contributed by atoms with Crippen molar-refractivity contribution in [2.24, 2.45) is 0 Å². The van der Waals surface area contributed by atoms with Crippen LogP contribution in [0.5, 0.6) is 5.75 Å². The van der Waals surface area contributed by atoms with Crippen molar-refractivity contribution in [3.8, 4) is 17.1 Å². The van der Waals surface area contributed by atoms with Gasteiger partial charge in [-0.05, 0) is 61.0 Å². The molecule has 0 aliphatic carbocycles. The van der Waals surface area contributed by atoms with E-state index in [1.807, 2.05) is 26.0 Å². The molecule has 0 spiro atoms. The van der Waals surface area contributed by atoms with Crippen LogP contribution in [0.2, 0.25) is 0 Å². The molecular weight excluding hydrogens is 486 g/mol. The van der Waals surface area contributed by atoms with Crippen LogP contribution >= 0.6 is 11.3 Å². The maximum Gasteiger partial charge on any atom is 0.344 e. The predicted octanol–water partition coefficient (Wildman–Crippen LogP) is 2.31. The SMILES string of the molecule is Cc1cc(-c2nc3sc4c(c3c(=O)[nH]2)CCN(C)C4)cc(C)c1OCC(=O)OCc1no[n+]([O-])c1C. The second-order valence-corrected chi connectivity index (χ2v) is 10.0. The number of benzene rings is 1. The molecule has 12 heteroatoms. The van der Waals surface area contributed by atoms with Crippen molar-refractivity contribution in [3.05, 3.63) is 60.6 Å². The average molecular weight is 512 g/mol. The molecule has 0 saturated heterocycles. The molecule has 0 atom stereocenters. The van der Waals surface area contributed by atoms with Crippen molar-refractivity contribution >= 4 is 27.5 Å². The number of aromatic amines is 1. The lowest BCUT2D eigenvalue weighted by Crippen LogP contribution is -2.26. The summed E-state index contributed by atoms with van der Waals surface area (Å²) in [6, 6.07) is 3.73. The van der Waals surface area contributed by atoms with Crippen LogP contribution < -0.4 is 15.2 Å². The van der Waals surface area contributed by atoms with Gasteiger partial charge in [0, 0.05) is 35.6 Å². The number of ether oxygens (including phenoxy) is 2. The third kappa shape index (κ3) is 4.44. The number of thiophene rings is 1. The fraction of sp³-hybridized carbons (Fsp3) is 0.375. The Bertz CT molecular complexity index is 1520. The lowest BCUT2D eigenvalue weighted by molar-refractivity contribution is -0.806. The number of H-pyrrole nitrogens is 1. The first-order valence-corrected chi connectivity index (χ1v) is 12.2. The number of carbonyl (C=O) groups is 1. The molecule has 0 fully saturated rings. The van der Waals surface area contributed by atoms with Crippen LogP contribution in [0.4, 0.5) is 0 Å². The van der Waals surface area contributed by atoms with Gasteiger partial charge < -0.3 is 24.6 Å². The molecular formula is C24H25N5O6S. The van der Waals surface area contributed by atoms with Gasteiger partial charge in [0.05, 0.1) is 5.39 Å². The lowest BCUT2D eigenvalue weighted by Gasteiger charge is -2.21. The Morgan fingerprint density at radius 3 is 2.75 bits per heavy atom. The zero-order valence-corrected chi connectivity index (χ0v) is 21.2. The van der Waals surface area contributed by atoms with Crippen LogP contribution in [0, 0.1) is 26.0 Å². The van der Waals surface area contributed by atoms with Gasteiger partial charge in [0.2, 0.25) is 0 Å². The molecule has 4 aromatic rings. The van der Waals surface area contributed by atoms with E-state index < -0.39 is 5.97 Å². The second-order valence-electron chi connectivity index (χ2n) is 8.94. The van der Waals surface area contributed by atoms with Crippen LogP contribution in [-0.2, 0) is 29.1 Å². The number of nitrogens with one attached hydrogen (secondary N) is 1. The molecule has 0 saturated carbocycles. The standard InChI is InChI=1S/C24H25N5O6S/c1-12-7-15(22-25-23(31)20-16-5-6-28(4)9-18(16)36-24(20)26-22)8-13(2)21(12)34-11-19(30)33-10-17-14(3)29(32)35-27-17/h7-8H,5-6,9-11H2,1-4H3,(H,25,26,31). The zero-order valence-electron chi connectivity index (χ0n) is 20.3. The summed E-state index contributed by atoms with van der Waals surface area (Å²) in [5.74, 6) is 0.431. The van der Waals surface area contributed by atoms with Gasteiger partial charge >= 0.3 is 5.97 Å². The Hall–Kier alpha value is -3.77. The van der Waals surface area contributed by atoms with E-state index in [0.29, 0.717) is 17.0 Å². The average Bonchev–Trinajstić information content (AvgIpc) is 3.35. The monoisotopic (exact) mass is 511 g/mol. The van der Waals surface area contributed by atoms with E-state index in [-0.39, 0.29) is 35.1 Å². The number of rotatable bonds is 6. The van der Waals surface area contributed by atoms with E-state index in [1.54, 1.807) is 11.3 Å². The zero-order chi connectivity index (χ0) is 25.6. The van der Waals surface area contributed by atoms with E-state index in [2.05, 4.69) is 26.7 Å². The highest BCUT2D eigenvalue weighted by Gasteiger charge is 2.23. The van der Waals surface area contributed by atoms with Gasteiger partial charge in [0.25, 0.3) is 11.3 Å². The number of hydrogen-bond acceptors (Lipinski definition) is 10. The van der Waals surface area contributed by atoms with Crippen molar-refractivity contribution in [1.29, 1.82) is 0 Å². The Labute approximate surface area is 209 Å². The first kappa shape index (κ1) is 23.9. The maximum absolute atomic E-state index is 13.0. The molecule has 1 aliphatic heterocycles. The predicted molar refractivity (Wildman–Crippen MR) is 131 cm³/mol. The fourth-order valence-electron chi connectivity index (χ4n) is 4.35. The topological polar surface area (TPSA) is 137 Å². The first-order chi connectivity index (χ1) is 17.2. The van der Waals surface area contributed by atoms with E-state index in [4.69, 9.17) is 14.5 Å². The summed E-state index contributed by atoms with van der Waals surface area (Å²) in [5, 5.41) is 15.5. The van der Waals surface area contributed by atoms with E-state index in [0.717, 1.165) is 46.6 Å². The van der Waals surface area contributed by atoms with Gasteiger partial charge in [-0.1, -0.05) is 0 Å². The molecule has 5 rings (SSSR count). The number of fused-ring (bicyclic) bond motifs is 3. The maximum atomic E-state index is 13.0. The Morgan fingerprint density at radius 1 is 1.31 bits per heavy atom. The van der Waals surface area contributed by atoms with Gasteiger partial charge in [0.15, 0.2) is 18.9 Å². The number of hydrogen-bond donors (Lipinski definition) is 1. The van der Waals surface area contributed by atoms with Crippen molar-refractivity contribution < 1.29 is 23.8 Å². The minimum absolute atomic E-state index is 0.125.